The third kappa shape index (κ3) is 12.6. The molecule has 0 fully saturated rings. The summed E-state index contributed by atoms with van der Waals surface area (Å²) in [7, 11) is 0. The third-order valence-corrected chi connectivity index (χ3v) is 7.52. The van der Waals surface area contributed by atoms with Crippen LogP contribution in [0.3, 0.4) is 0 Å². The van der Waals surface area contributed by atoms with Gasteiger partial charge in [-0.15, -0.1) is 0 Å². The summed E-state index contributed by atoms with van der Waals surface area (Å²) in [5.74, 6) is 0.594. The predicted octanol–water partition coefficient (Wildman–Crippen LogP) is 7.40. The average Bonchev–Trinajstić information content (AvgIpc) is 2.97. The van der Waals surface area contributed by atoms with E-state index in [1.54, 1.807) is 48.8 Å². The molecule has 0 aromatic heterocycles. The fraction of sp³-hybridized carbons (Fsp3) is 0.486. The van der Waals surface area contributed by atoms with Gasteiger partial charge in [0.2, 0.25) is 0 Å². The van der Waals surface area contributed by atoms with Crippen LogP contribution in [0, 0.1) is 16.7 Å². The molecule has 255 valence electrons. The van der Waals surface area contributed by atoms with Crippen LogP contribution in [0.25, 0.3) is 0 Å². The molecule has 0 aliphatic heterocycles. The molecular weight excluding hydrogens is 625 g/mol. The number of para-hydroxylation sites is 2. The van der Waals surface area contributed by atoms with Crippen molar-refractivity contribution in [2.24, 2.45) is 26.7 Å². The molecule has 2 aromatic carbocycles. The second-order valence-corrected chi connectivity index (χ2v) is 13.7. The molecule has 0 amide bonds. The van der Waals surface area contributed by atoms with E-state index in [2.05, 4.69) is 15.3 Å². The van der Waals surface area contributed by atoms with Gasteiger partial charge in [-0.2, -0.15) is 0 Å². The molecule has 1 radical (unpaired) electrons. The first-order valence-corrected chi connectivity index (χ1v) is 15.7. The summed E-state index contributed by atoms with van der Waals surface area (Å²) >= 11 is 0. The molecule has 4 N–H and O–H groups in total. The number of hydrogen-bond acceptors (Lipinski definition) is 8. The smallest absolute Gasteiger partial charge is 0.185 e. The molecule has 1 aliphatic rings. The molecule has 0 heterocycles. The van der Waals surface area contributed by atoms with Crippen LogP contribution in [0.5, 0.6) is 11.5 Å². The van der Waals surface area contributed by atoms with Crippen molar-refractivity contribution in [3.63, 3.8) is 0 Å². The van der Waals surface area contributed by atoms with Gasteiger partial charge in [-0.1, -0.05) is 79.7 Å². The first-order chi connectivity index (χ1) is 21.1. The van der Waals surface area contributed by atoms with Gasteiger partial charge in [0, 0.05) is 64.6 Å². The summed E-state index contributed by atoms with van der Waals surface area (Å²) in [5.41, 5.74) is 1.39. The van der Waals surface area contributed by atoms with Crippen LogP contribution in [0.4, 0.5) is 0 Å². The second-order valence-electron chi connectivity index (χ2n) is 13.7. The quantitative estimate of drug-likeness (QED) is 0.0803. The molecule has 0 unspecified atom stereocenters. The van der Waals surface area contributed by atoms with Crippen molar-refractivity contribution in [3.8, 4) is 11.5 Å². The van der Waals surface area contributed by atoms with E-state index in [-0.39, 0.29) is 50.8 Å². The number of hydrogen-bond donors (Lipinski definition) is 4. The first-order valence-electron chi connectivity index (χ1n) is 15.7. The largest absolute Gasteiger partial charge is 0.507 e. The Balaban J connectivity index is 0.000000462. The van der Waals surface area contributed by atoms with Crippen molar-refractivity contribution < 1.29 is 41.9 Å². The number of allylic oxidation sites excluding steroid dienone is 2. The number of phenols is 2. The maximum Gasteiger partial charge on any atom is 0.185 e. The molecule has 46 heavy (non-hydrogen) atoms. The van der Waals surface area contributed by atoms with E-state index in [4.69, 9.17) is 4.89 Å². The Bertz CT molecular complexity index is 1270. The van der Waals surface area contributed by atoms with E-state index in [1.165, 1.54) is 0 Å². The second kappa shape index (κ2) is 18.9. The molecule has 0 bridgehead atoms. The monoisotopic (exact) mass is 678 g/mol. The zero-order valence-corrected chi connectivity index (χ0v) is 29.7. The van der Waals surface area contributed by atoms with Gasteiger partial charge < -0.3 is 15.5 Å². The van der Waals surface area contributed by atoms with Crippen molar-refractivity contribution in [1.29, 1.82) is 0 Å². The van der Waals surface area contributed by atoms with E-state index < -0.39 is 5.60 Å². The van der Waals surface area contributed by atoms with Crippen molar-refractivity contribution in [3.05, 3.63) is 83.0 Å². The van der Waals surface area contributed by atoms with Crippen LogP contribution in [-0.2, 0) is 26.5 Å². The summed E-state index contributed by atoms with van der Waals surface area (Å²) in [6, 6.07) is 14.3. The van der Waals surface area contributed by atoms with Crippen LogP contribution < -0.4 is 5.32 Å². The maximum atomic E-state index is 12.8. The number of benzene rings is 2. The molecule has 3 rings (SSSR count). The Morgan fingerprint density at radius 1 is 0.783 bits per heavy atom. The van der Waals surface area contributed by atoms with E-state index in [9.17, 15) is 20.3 Å². The number of Topliss-reactive ketones (excluding diaryl/α,β-unsaturated/α-hetero) is 1. The van der Waals surface area contributed by atoms with Crippen molar-refractivity contribution in [1.82, 2.24) is 5.32 Å². The number of phenolic OH excluding ortho intramolecular Hbond substituents is 2. The van der Waals surface area contributed by atoms with E-state index in [0.717, 1.165) is 50.1 Å². The Hall–Kier alpha value is -3.08. The Morgan fingerprint density at radius 3 is 1.50 bits per heavy atom. The zero-order chi connectivity index (χ0) is 33.7. The molecule has 0 atom stereocenters. The van der Waals surface area contributed by atoms with Gasteiger partial charge in [0.1, 0.15) is 17.1 Å². The molecule has 8 nitrogen and oxygen atoms in total. The number of aromatic hydroxyl groups is 2. The molecule has 0 spiro atoms. The number of carbonyl (C=O) groups is 1. The average molecular weight is 679 g/mol. The molecule has 0 saturated heterocycles. The van der Waals surface area contributed by atoms with Gasteiger partial charge in [-0.05, 0) is 79.1 Å². The predicted molar refractivity (Wildman–Crippen MR) is 185 cm³/mol. The maximum absolute atomic E-state index is 12.8. The standard InChI is InChI=1S/C20H25N3O2.C17H28O3.Co/c24-19-9-3-1-7-17(19)15-22-13-5-11-21-12-6-14-23-16-18-8-2-4-10-20(18)25;1-11(2)17(20-19)9-12(15(3,4)5)14(18)13(10-17)16(6,7)8;/h1-4,7-10,15-16,21,24-25H,5-6,11-14H2;9-11,19H,1-8H3;. The number of ketones is 1. The van der Waals surface area contributed by atoms with E-state index in [1.807, 2.05) is 79.7 Å². The van der Waals surface area contributed by atoms with Crippen LogP contribution in [0.15, 0.2) is 81.8 Å². The topological polar surface area (TPSA) is 124 Å². The van der Waals surface area contributed by atoms with Crippen molar-refractivity contribution in [2.45, 2.75) is 73.8 Å². The number of rotatable bonds is 12. The Kier molecular flexibility index (Phi) is 16.8. The minimum atomic E-state index is -0.931. The third-order valence-electron chi connectivity index (χ3n) is 7.52. The fourth-order valence-electron chi connectivity index (χ4n) is 4.61. The normalized spacial score (nSPS) is 15.0. The first kappa shape index (κ1) is 40.9. The Labute approximate surface area is 285 Å². The minimum Gasteiger partial charge on any atom is -0.507 e. The molecule has 2 aromatic rings. The number of nitrogens with one attached hydrogen (secondary N) is 1. The zero-order valence-electron chi connectivity index (χ0n) is 28.6. The minimum absolute atomic E-state index is 0. The van der Waals surface area contributed by atoms with Gasteiger partial charge in [0.05, 0.1) is 0 Å². The van der Waals surface area contributed by atoms with Crippen LogP contribution in [0.2, 0.25) is 0 Å². The van der Waals surface area contributed by atoms with Gasteiger partial charge in [-0.3, -0.25) is 20.0 Å². The fourth-order valence-corrected chi connectivity index (χ4v) is 4.61. The summed E-state index contributed by atoms with van der Waals surface area (Å²) < 4.78 is 0. The van der Waals surface area contributed by atoms with E-state index >= 15 is 0 Å². The number of nitrogens with zero attached hydrogens (tertiary/aromatic N) is 2. The Morgan fingerprint density at radius 2 is 1.17 bits per heavy atom. The molecule has 0 saturated carbocycles. The van der Waals surface area contributed by atoms with Crippen molar-refractivity contribution >= 4 is 18.2 Å². The summed E-state index contributed by atoms with van der Waals surface area (Å²) in [6.45, 7) is 19.2. The molecule has 9 heteroatoms. The van der Waals surface area contributed by atoms with Crippen molar-refractivity contribution in [2.75, 3.05) is 26.2 Å². The summed E-state index contributed by atoms with van der Waals surface area (Å²) in [5, 5.41) is 32.0. The summed E-state index contributed by atoms with van der Waals surface area (Å²) in [6.07, 6.45) is 8.90. The number of carbonyl (C=O) groups excluding carboxylic acids is 1. The van der Waals surface area contributed by atoms with Crippen LogP contribution in [0.1, 0.15) is 79.4 Å². The van der Waals surface area contributed by atoms with Gasteiger partial charge in [0.25, 0.3) is 0 Å². The summed E-state index contributed by atoms with van der Waals surface area (Å²) in [4.78, 5) is 26.2. The van der Waals surface area contributed by atoms with E-state index in [0.29, 0.717) is 11.1 Å². The number of aliphatic imine (C=N–C) groups is 2. The van der Waals surface area contributed by atoms with Gasteiger partial charge >= 0.3 is 0 Å². The molecule has 1 aliphatic carbocycles. The van der Waals surface area contributed by atoms with Crippen LogP contribution in [-0.4, -0.2) is 65.5 Å². The van der Waals surface area contributed by atoms with Crippen LogP contribution >= 0.6 is 0 Å². The molecular formula is C37H53CoN3O5. The van der Waals surface area contributed by atoms with Gasteiger partial charge in [0.15, 0.2) is 5.78 Å². The van der Waals surface area contributed by atoms with Gasteiger partial charge in [-0.25, -0.2) is 4.89 Å². The SMILES string of the molecule is CC(C)C1(OO)C=C(C(C)(C)C)C(=O)C(C(C)(C)C)=C1.Oc1ccccc1C=NCCCNCCCN=Cc1ccccc1O.[Co].